The van der Waals surface area contributed by atoms with Crippen LogP contribution in [0.3, 0.4) is 0 Å². The highest BCUT2D eigenvalue weighted by atomic mass is 19.1. The summed E-state index contributed by atoms with van der Waals surface area (Å²) in [6, 6.07) is 2.50. The number of hydrogen-bond donors (Lipinski definition) is 1. The molecule has 0 radical (unpaired) electrons. The minimum absolute atomic E-state index is 0.192. The number of hydrogen-bond acceptors (Lipinski definition) is 4. The molecule has 4 nitrogen and oxygen atoms in total. The maximum atomic E-state index is 13.7. The van der Waals surface area contributed by atoms with Gasteiger partial charge in [0.15, 0.2) is 17.4 Å². The Hall–Kier alpha value is -1.24. The molecule has 2 N–H and O–H groups in total. The quantitative estimate of drug-likeness (QED) is 0.668. The molecule has 0 heterocycles. The lowest BCUT2D eigenvalue weighted by atomic mass is 10.1. The Kier molecular flexibility index (Phi) is 8.10. The Morgan fingerprint density at radius 1 is 1.05 bits per heavy atom. The monoisotopic (exact) mass is 289 g/mol. The van der Waals surface area contributed by atoms with E-state index in [1.54, 1.807) is 7.11 Å². The van der Waals surface area contributed by atoms with Gasteiger partial charge in [-0.25, -0.2) is 8.78 Å². The molecule has 0 amide bonds. The third kappa shape index (κ3) is 5.81. The topological polar surface area (TPSA) is 53.7 Å². The van der Waals surface area contributed by atoms with Crippen LogP contribution in [0.15, 0.2) is 12.1 Å². The van der Waals surface area contributed by atoms with Gasteiger partial charge in [0.25, 0.3) is 0 Å². The Bertz CT molecular complexity index is 379. The molecular formula is C14H21F2NO3. The third-order valence-electron chi connectivity index (χ3n) is 2.60. The van der Waals surface area contributed by atoms with Crippen molar-refractivity contribution < 1.29 is 23.0 Å². The van der Waals surface area contributed by atoms with Gasteiger partial charge in [-0.15, -0.1) is 0 Å². The number of ether oxygens (including phenoxy) is 3. The molecule has 0 aliphatic rings. The summed E-state index contributed by atoms with van der Waals surface area (Å²) >= 11 is 0. The van der Waals surface area contributed by atoms with E-state index in [2.05, 4.69) is 0 Å². The molecule has 0 unspecified atom stereocenters. The fourth-order valence-corrected chi connectivity index (χ4v) is 1.64. The van der Waals surface area contributed by atoms with Gasteiger partial charge in [0.1, 0.15) is 0 Å². The van der Waals surface area contributed by atoms with Crippen LogP contribution in [0.4, 0.5) is 8.78 Å². The summed E-state index contributed by atoms with van der Waals surface area (Å²) in [5, 5.41) is 0. The second kappa shape index (κ2) is 9.63. The second-order valence-corrected chi connectivity index (χ2v) is 4.23. The van der Waals surface area contributed by atoms with E-state index in [4.69, 9.17) is 19.9 Å². The van der Waals surface area contributed by atoms with E-state index in [0.29, 0.717) is 44.8 Å². The fraction of sp³-hybridized carbons (Fsp3) is 0.571. The average molecular weight is 289 g/mol. The molecule has 0 fully saturated rings. The van der Waals surface area contributed by atoms with Gasteiger partial charge in [0.05, 0.1) is 19.8 Å². The van der Waals surface area contributed by atoms with Crippen LogP contribution in [0.25, 0.3) is 0 Å². The molecule has 0 saturated heterocycles. The summed E-state index contributed by atoms with van der Waals surface area (Å²) in [5.41, 5.74) is 5.87. The van der Waals surface area contributed by atoms with Gasteiger partial charge < -0.3 is 19.9 Å². The number of benzene rings is 1. The van der Waals surface area contributed by atoms with E-state index in [1.807, 2.05) is 0 Å². The molecule has 0 saturated carbocycles. The van der Waals surface area contributed by atoms with Crippen molar-refractivity contribution in [3.8, 4) is 5.75 Å². The van der Waals surface area contributed by atoms with Crippen LogP contribution >= 0.6 is 0 Å². The Morgan fingerprint density at radius 2 is 1.75 bits per heavy atom. The molecule has 0 spiro atoms. The summed E-state index contributed by atoms with van der Waals surface area (Å²) in [7, 11) is 1.59. The van der Waals surface area contributed by atoms with Crippen molar-refractivity contribution >= 4 is 0 Å². The molecule has 0 aromatic heterocycles. The first-order valence-corrected chi connectivity index (χ1v) is 6.56. The molecule has 0 aliphatic heterocycles. The van der Waals surface area contributed by atoms with Crippen LogP contribution in [0.5, 0.6) is 5.75 Å². The van der Waals surface area contributed by atoms with Gasteiger partial charge in [0.2, 0.25) is 0 Å². The molecule has 0 atom stereocenters. The van der Waals surface area contributed by atoms with Gasteiger partial charge in [-0.1, -0.05) is 0 Å². The minimum Gasteiger partial charge on any atom is -0.488 e. The lowest BCUT2D eigenvalue weighted by Gasteiger charge is -2.10. The molecule has 0 aliphatic carbocycles. The molecule has 0 bridgehead atoms. The normalized spacial score (nSPS) is 10.8. The highest BCUT2D eigenvalue weighted by molar-refractivity contribution is 5.31. The van der Waals surface area contributed by atoms with Crippen molar-refractivity contribution in [1.82, 2.24) is 0 Å². The molecule has 1 aromatic rings. The SMILES string of the molecule is COCCOCCCOc1c(F)cc(CCN)cc1F. The number of methoxy groups -OCH3 is 1. The van der Waals surface area contributed by atoms with Crippen LogP contribution in [0.1, 0.15) is 12.0 Å². The van der Waals surface area contributed by atoms with E-state index in [-0.39, 0.29) is 12.4 Å². The van der Waals surface area contributed by atoms with Gasteiger partial charge in [0, 0.05) is 20.1 Å². The summed E-state index contributed by atoms with van der Waals surface area (Å²) < 4.78 is 42.5. The van der Waals surface area contributed by atoms with E-state index in [1.165, 1.54) is 12.1 Å². The lowest BCUT2D eigenvalue weighted by Crippen LogP contribution is -2.09. The van der Waals surface area contributed by atoms with E-state index < -0.39 is 11.6 Å². The predicted octanol–water partition coefficient (Wildman–Crippen LogP) is 1.90. The van der Waals surface area contributed by atoms with Crippen LogP contribution in [-0.2, 0) is 15.9 Å². The first kappa shape index (κ1) is 16.8. The molecule has 20 heavy (non-hydrogen) atoms. The number of rotatable bonds is 10. The van der Waals surface area contributed by atoms with Crippen LogP contribution in [0.2, 0.25) is 0 Å². The van der Waals surface area contributed by atoms with Crippen molar-refractivity contribution in [2.24, 2.45) is 5.73 Å². The zero-order valence-electron chi connectivity index (χ0n) is 11.7. The fourth-order valence-electron chi connectivity index (χ4n) is 1.64. The zero-order chi connectivity index (χ0) is 14.8. The van der Waals surface area contributed by atoms with E-state index >= 15 is 0 Å². The zero-order valence-corrected chi connectivity index (χ0v) is 11.7. The van der Waals surface area contributed by atoms with Crippen LogP contribution in [-0.4, -0.2) is 40.1 Å². The van der Waals surface area contributed by atoms with Crippen molar-refractivity contribution in [3.63, 3.8) is 0 Å². The predicted molar refractivity (Wildman–Crippen MR) is 71.9 cm³/mol. The van der Waals surface area contributed by atoms with Gasteiger partial charge >= 0.3 is 0 Å². The highest BCUT2D eigenvalue weighted by Gasteiger charge is 2.12. The summed E-state index contributed by atoms with van der Waals surface area (Å²) in [4.78, 5) is 0. The Morgan fingerprint density at radius 3 is 2.35 bits per heavy atom. The maximum absolute atomic E-state index is 13.7. The van der Waals surface area contributed by atoms with Crippen LogP contribution < -0.4 is 10.5 Å². The average Bonchev–Trinajstić information content (AvgIpc) is 2.40. The van der Waals surface area contributed by atoms with Crippen molar-refractivity contribution in [2.45, 2.75) is 12.8 Å². The smallest absolute Gasteiger partial charge is 0.190 e. The molecule has 1 aromatic carbocycles. The standard InChI is InChI=1S/C14H21F2NO3/c1-18-7-8-19-5-2-6-20-14-12(15)9-11(3-4-17)10-13(14)16/h9-10H,2-8,17H2,1H3. The minimum atomic E-state index is -0.700. The molecule has 6 heteroatoms. The third-order valence-corrected chi connectivity index (χ3v) is 2.60. The summed E-state index contributed by atoms with van der Waals surface area (Å²) in [5.74, 6) is -1.75. The summed E-state index contributed by atoms with van der Waals surface area (Å²) in [6.45, 7) is 2.01. The first-order chi connectivity index (χ1) is 9.69. The Labute approximate surface area is 117 Å². The van der Waals surface area contributed by atoms with Gasteiger partial charge in [-0.3, -0.25) is 0 Å². The molecular weight excluding hydrogens is 268 g/mol. The van der Waals surface area contributed by atoms with Gasteiger partial charge in [-0.05, 0) is 30.7 Å². The second-order valence-electron chi connectivity index (χ2n) is 4.23. The van der Waals surface area contributed by atoms with Crippen molar-refractivity contribution in [3.05, 3.63) is 29.3 Å². The first-order valence-electron chi connectivity index (χ1n) is 6.56. The van der Waals surface area contributed by atoms with E-state index in [9.17, 15) is 8.78 Å². The van der Waals surface area contributed by atoms with Crippen molar-refractivity contribution in [1.29, 1.82) is 0 Å². The Balaban J connectivity index is 2.36. The molecule has 1 rings (SSSR count). The van der Waals surface area contributed by atoms with Crippen molar-refractivity contribution in [2.75, 3.05) is 40.1 Å². The maximum Gasteiger partial charge on any atom is 0.190 e. The molecule has 114 valence electrons. The van der Waals surface area contributed by atoms with E-state index in [0.717, 1.165) is 0 Å². The van der Waals surface area contributed by atoms with Crippen LogP contribution in [0, 0.1) is 11.6 Å². The summed E-state index contributed by atoms with van der Waals surface area (Å²) in [6.07, 6.45) is 0.981. The highest BCUT2D eigenvalue weighted by Crippen LogP contribution is 2.23. The number of halogens is 2. The lowest BCUT2D eigenvalue weighted by molar-refractivity contribution is 0.0640. The van der Waals surface area contributed by atoms with Gasteiger partial charge in [-0.2, -0.15) is 0 Å². The largest absolute Gasteiger partial charge is 0.488 e. The number of nitrogens with two attached hydrogens (primary N) is 1.